The molecule has 0 unspecified atom stereocenters. The zero-order chi connectivity index (χ0) is 53.5. The third kappa shape index (κ3) is 21.0. The predicted octanol–water partition coefficient (Wildman–Crippen LogP) is -3.89. The average molecular weight is 1010 g/mol. The molecule has 0 aliphatic carbocycles. The number of rotatable bonds is 32. The molecule has 0 saturated carbocycles. The maximum Gasteiger partial charge on any atom is 0.326 e. The number of hydrogen-bond acceptors (Lipinski definition) is 15. The van der Waals surface area contributed by atoms with E-state index in [0.29, 0.717) is 12.0 Å². The van der Waals surface area contributed by atoms with E-state index in [1.807, 2.05) is 5.32 Å². The molecule has 0 bridgehead atoms. The summed E-state index contributed by atoms with van der Waals surface area (Å²) in [5, 5.41) is 72.7. The van der Waals surface area contributed by atoms with Crippen molar-refractivity contribution < 1.29 is 88.2 Å². The van der Waals surface area contributed by atoms with Gasteiger partial charge in [-0.05, 0) is 31.2 Å². The smallest absolute Gasteiger partial charge is 0.326 e. The van der Waals surface area contributed by atoms with Gasteiger partial charge < -0.3 is 78.6 Å². The van der Waals surface area contributed by atoms with E-state index in [2.05, 4.69) is 41.9 Å². The van der Waals surface area contributed by atoms with Crippen LogP contribution in [0.25, 0.3) is 0 Å². The Morgan fingerprint density at radius 3 is 1.45 bits per heavy atom. The van der Waals surface area contributed by atoms with Crippen molar-refractivity contribution in [3.8, 4) is 0 Å². The van der Waals surface area contributed by atoms with Gasteiger partial charge in [0.15, 0.2) is 0 Å². The Morgan fingerprint density at radius 1 is 0.563 bits per heavy atom. The van der Waals surface area contributed by atoms with E-state index in [1.54, 1.807) is 44.2 Å². The van der Waals surface area contributed by atoms with Crippen LogP contribution in [0, 0.1) is 5.92 Å². The fourth-order valence-electron chi connectivity index (χ4n) is 6.51. The normalized spacial score (nSPS) is 15.2. The lowest BCUT2D eigenvalue weighted by molar-refractivity contribution is -0.147. The third-order valence-electron chi connectivity index (χ3n) is 10.7. The van der Waals surface area contributed by atoms with E-state index in [1.165, 1.54) is 19.4 Å². The van der Waals surface area contributed by atoms with Crippen molar-refractivity contribution >= 4 is 71.2 Å². The Bertz CT molecular complexity index is 2210. The molecule has 1 aromatic heterocycles. The van der Waals surface area contributed by atoms with Crippen molar-refractivity contribution in [2.45, 2.75) is 133 Å². The highest BCUT2D eigenvalue weighted by Gasteiger charge is 2.37. The number of benzene rings is 1. The molecular weight excluding hydrogens is 945 g/mol. The number of carbonyl (C=O) groups is 12. The first-order chi connectivity index (χ1) is 33.3. The minimum absolute atomic E-state index is 0.196. The van der Waals surface area contributed by atoms with Crippen LogP contribution in [0.4, 0.5) is 0 Å². The SMILES string of the molecule is CC[C@H](C)[C@H](NC(=O)[C@@H](N)[C@@H](C)O)C(=O)N[C@@H](CCC(=O)O)C(=O)N[C@@H](Cc1ccccc1)C(=O)N[C@@H](Cc1cnc[nH]1)C(=O)N[C@@H](CC(=O)O)C(=O)N[C@@H](CCC(=O)O)C(=O)N[C@@H](CC(=O)O)C(=O)O. The van der Waals surface area contributed by atoms with Crippen molar-refractivity contribution in [3.63, 3.8) is 0 Å². The minimum Gasteiger partial charge on any atom is -0.481 e. The lowest BCUT2D eigenvalue weighted by Gasteiger charge is -2.29. The van der Waals surface area contributed by atoms with Gasteiger partial charge in [-0.1, -0.05) is 50.6 Å². The lowest BCUT2D eigenvalue weighted by atomic mass is 9.96. The summed E-state index contributed by atoms with van der Waals surface area (Å²) >= 11 is 0. The van der Waals surface area contributed by atoms with Gasteiger partial charge in [-0.2, -0.15) is 0 Å². The number of imidazole rings is 1. The lowest BCUT2D eigenvalue weighted by Crippen LogP contribution is -2.61. The molecule has 2 rings (SSSR count). The Balaban J connectivity index is 2.54. The molecule has 0 radical (unpaired) electrons. The zero-order valence-electron chi connectivity index (χ0n) is 38.8. The number of nitrogens with zero attached hydrogens (tertiary/aromatic N) is 1. The van der Waals surface area contributed by atoms with Gasteiger partial charge >= 0.3 is 29.8 Å². The molecular formula is C43H60N10O18. The standard InChI is InChI=1S/C43H60N10O18/c1-4-20(2)35(53-41(68)34(44)21(3)54)42(69)48-25(11-13-31(57)58)36(63)49-26(14-22-8-6-5-7-9-22)38(65)50-27(15-23-18-45-19-46-23)39(66)51-28(16-32(59)60)40(67)47-24(10-12-30(55)56)37(64)52-29(43(70)71)17-33(61)62/h5-9,18-21,24-29,34-35,54H,4,10-17,44H2,1-3H3,(H,45,46)(H,47,67)(H,48,69)(H,49,63)(H,50,65)(H,51,66)(H,52,64)(H,53,68)(H,55,56)(H,57,58)(H,59,60)(H,61,62)(H,70,71)/t20-,21+,24-,25-,26-,27-,28-,29-,34-,35-/m0/s1. The predicted molar refractivity (Wildman–Crippen MR) is 241 cm³/mol. The fraction of sp³-hybridized carbons (Fsp3) is 0.512. The summed E-state index contributed by atoms with van der Waals surface area (Å²) in [4.78, 5) is 160. The summed E-state index contributed by atoms with van der Waals surface area (Å²) in [6, 6.07) is -5.82. The Labute approximate surface area is 404 Å². The van der Waals surface area contributed by atoms with Crippen LogP contribution in [0.3, 0.4) is 0 Å². The number of aliphatic hydroxyl groups is 1. The van der Waals surface area contributed by atoms with Crippen LogP contribution < -0.4 is 43.0 Å². The topological polar surface area (TPSA) is 465 Å². The number of nitrogens with one attached hydrogen (secondary N) is 8. The number of aliphatic carboxylic acids is 5. The number of aliphatic hydroxyl groups excluding tert-OH is 1. The Hall–Kier alpha value is -8.01. The van der Waals surface area contributed by atoms with Crippen LogP contribution in [-0.4, -0.2) is 166 Å². The molecule has 0 aliphatic heterocycles. The summed E-state index contributed by atoms with van der Waals surface area (Å²) in [6.07, 6.45) is -4.29. The van der Waals surface area contributed by atoms with Crippen molar-refractivity contribution in [2.24, 2.45) is 11.7 Å². The van der Waals surface area contributed by atoms with Crippen LogP contribution in [-0.2, 0) is 70.4 Å². The fourth-order valence-corrected chi connectivity index (χ4v) is 6.51. The molecule has 2 aromatic rings. The number of carboxylic acids is 5. The second kappa shape index (κ2) is 29.1. The van der Waals surface area contributed by atoms with Crippen LogP contribution in [0.15, 0.2) is 42.9 Å². The second-order valence-corrected chi connectivity index (χ2v) is 16.4. The number of nitrogens with two attached hydrogens (primary N) is 1. The molecule has 10 atom stereocenters. The molecule has 0 aliphatic rings. The van der Waals surface area contributed by atoms with E-state index in [4.69, 9.17) is 10.8 Å². The van der Waals surface area contributed by atoms with E-state index < -0.39 is 176 Å². The maximum atomic E-state index is 14.3. The highest BCUT2D eigenvalue weighted by atomic mass is 16.4. The second-order valence-electron chi connectivity index (χ2n) is 16.4. The molecule has 71 heavy (non-hydrogen) atoms. The van der Waals surface area contributed by atoms with Crippen LogP contribution in [0.2, 0.25) is 0 Å². The average Bonchev–Trinajstić information content (AvgIpc) is 3.82. The van der Waals surface area contributed by atoms with Crippen LogP contribution in [0.1, 0.15) is 77.0 Å². The van der Waals surface area contributed by atoms with E-state index in [-0.39, 0.29) is 12.1 Å². The highest BCUT2D eigenvalue weighted by molar-refractivity contribution is 5.99. The molecule has 1 heterocycles. The van der Waals surface area contributed by atoms with Crippen molar-refractivity contribution in [2.75, 3.05) is 0 Å². The van der Waals surface area contributed by atoms with Gasteiger partial charge in [0.2, 0.25) is 41.4 Å². The number of hydrogen-bond donors (Lipinski definition) is 15. The van der Waals surface area contributed by atoms with Crippen LogP contribution in [0.5, 0.6) is 0 Å². The Morgan fingerprint density at radius 2 is 1.00 bits per heavy atom. The molecule has 16 N–H and O–H groups in total. The summed E-state index contributed by atoms with van der Waals surface area (Å²) < 4.78 is 0. The van der Waals surface area contributed by atoms with Gasteiger partial charge in [0.25, 0.3) is 0 Å². The molecule has 0 saturated heterocycles. The van der Waals surface area contributed by atoms with Crippen molar-refractivity contribution in [1.82, 2.24) is 47.2 Å². The van der Waals surface area contributed by atoms with Gasteiger partial charge in [-0.15, -0.1) is 0 Å². The monoisotopic (exact) mass is 1000 g/mol. The first-order valence-corrected chi connectivity index (χ1v) is 22.0. The van der Waals surface area contributed by atoms with Crippen LogP contribution >= 0.6 is 0 Å². The zero-order valence-corrected chi connectivity index (χ0v) is 38.8. The number of carboxylic acid groups (broad SMARTS) is 5. The Kier molecular flexibility index (Phi) is 24.2. The number of carbonyl (C=O) groups excluding carboxylic acids is 7. The number of H-pyrrole nitrogens is 1. The van der Waals surface area contributed by atoms with E-state index in [9.17, 15) is 83.1 Å². The quantitative estimate of drug-likeness (QED) is 0.0333. The summed E-state index contributed by atoms with van der Waals surface area (Å²) in [5.41, 5.74) is 6.40. The van der Waals surface area contributed by atoms with Gasteiger partial charge in [0.05, 0.1) is 25.3 Å². The third-order valence-corrected chi connectivity index (χ3v) is 10.7. The molecule has 28 nitrogen and oxygen atoms in total. The molecule has 390 valence electrons. The number of aromatic amines is 1. The first kappa shape index (κ1) is 59.1. The van der Waals surface area contributed by atoms with Gasteiger partial charge in [-0.25, -0.2) is 9.78 Å². The maximum absolute atomic E-state index is 14.3. The van der Waals surface area contributed by atoms with Gasteiger partial charge in [0.1, 0.15) is 48.3 Å². The van der Waals surface area contributed by atoms with Crippen molar-refractivity contribution in [3.05, 3.63) is 54.1 Å². The molecule has 7 amide bonds. The molecule has 0 spiro atoms. The summed E-state index contributed by atoms with van der Waals surface area (Å²) in [5.74, 6) is -16.6. The summed E-state index contributed by atoms with van der Waals surface area (Å²) in [6.45, 7) is 4.55. The molecule has 28 heteroatoms. The van der Waals surface area contributed by atoms with Gasteiger partial charge in [-0.3, -0.25) is 52.7 Å². The summed E-state index contributed by atoms with van der Waals surface area (Å²) in [7, 11) is 0. The highest BCUT2D eigenvalue weighted by Crippen LogP contribution is 2.12. The minimum atomic E-state index is -2.08. The van der Waals surface area contributed by atoms with E-state index in [0.717, 1.165) is 0 Å². The molecule has 0 fully saturated rings. The number of amides is 7. The number of aromatic nitrogens is 2. The van der Waals surface area contributed by atoms with Gasteiger partial charge in [0, 0.05) is 37.6 Å². The van der Waals surface area contributed by atoms with Crippen molar-refractivity contribution in [1.29, 1.82) is 0 Å². The van der Waals surface area contributed by atoms with E-state index >= 15 is 0 Å². The first-order valence-electron chi connectivity index (χ1n) is 22.0. The molecule has 1 aromatic carbocycles. The largest absolute Gasteiger partial charge is 0.481 e.